The number of thioether (sulfide) groups is 1. The molecule has 0 aromatic heterocycles. The van der Waals surface area contributed by atoms with Crippen LogP contribution in [0.3, 0.4) is 0 Å². The van der Waals surface area contributed by atoms with E-state index in [2.05, 4.69) is 17.0 Å². The zero-order chi connectivity index (χ0) is 17.1. The highest BCUT2D eigenvalue weighted by molar-refractivity contribution is 7.99. The average Bonchev–Trinajstić information content (AvgIpc) is 3.34. The number of rotatable bonds is 4. The number of nitrogens with zero attached hydrogens (tertiary/aromatic N) is 1. The molecular formula is C21H23NO2S. The second kappa shape index (κ2) is 7.52. The topological polar surface area (TPSA) is 29.5 Å². The van der Waals surface area contributed by atoms with E-state index in [0.717, 1.165) is 42.2 Å². The lowest BCUT2D eigenvalue weighted by Gasteiger charge is -2.27. The van der Waals surface area contributed by atoms with Crippen LogP contribution >= 0.6 is 11.8 Å². The standard InChI is InChI=1S/C21H23NO2S/c23-20(16-7-4-5-8-16)22-13-14-25-21(22)17-9-6-12-19(15-17)24-18-10-2-1-3-11-18/h1-3,6,9-12,15-16,21H,4-5,7-8,13-14H2/t21-/m1/s1. The molecule has 0 radical (unpaired) electrons. The van der Waals surface area contributed by atoms with Gasteiger partial charge >= 0.3 is 0 Å². The second-order valence-corrected chi connectivity index (χ2v) is 7.91. The van der Waals surface area contributed by atoms with Gasteiger partial charge < -0.3 is 9.64 Å². The van der Waals surface area contributed by atoms with E-state index in [1.54, 1.807) is 0 Å². The number of carbonyl (C=O) groups excluding carboxylic acids is 1. The number of amides is 1. The van der Waals surface area contributed by atoms with Crippen molar-refractivity contribution in [3.63, 3.8) is 0 Å². The van der Waals surface area contributed by atoms with Gasteiger partial charge in [0, 0.05) is 18.2 Å². The van der Waals surface area contributed by atoms with Gasteiger partial charge in [-0.25, -0.2) is 0 Å². The summed E-state index contributed by atoms with van der Waals surface area (Å²) in [5, 5.41) is 0.118. The molecule has 0 N–H and O–H groups in total. The number of hydrogen-bond donors (Lipinski definition) is 0. The fraction of sp³-hybridized carbons (Fsp3) is 0.381. The molecule has 0 bridgehead atoms. The second-order valence-electron chi connectivity index (χ2n) is 6.72. The number of hydrogen-bond acceptors (Lipinski definition) is 3. The van der Waals surface area contributed by atoms with Gasteiger partial charge in [0.2, 0.25) is 5.91 Å². The van der Waals surface area contributed by atoms with Gasteiger partial charge in [-0.2, -0.15) is 0 Å². The van der Waals surface area contributed by atoms with Crippen LogP contribution < -0.4 is 4.74 Å². The molecule has 1 atom stereocenters. The summed E-state index contributed by atoms with van der Waals surface area (Å²) in [6.45, 7) is 0.856. The molecule has 4 heteroatoms. The lowest BCUT2D eigenvalue weighted by atomic mass is 10.1. The molecule has 130 valence electrons. The molecule has 1 aliphatic heterocycles. The predicted molar refractivity (Wildman–Crippen MR) is 102 cm³/mol. The Hall–Kier alpha value is -1.94. The van der Waals surface area contributed by atoms with Crippen LogP contribution in [0.1, 0.15) is 36.6 Å². The number of benzene rings is 2. The number of para-hydroxylation sites is 1. The summed E-state index contributed by atoms with van der Waals surface area (Å²) < 4.78 is 5.96. The zero-order valence-corrected chi connectivity index (χ0v) is 15.1. The Balaban J connectivity index is 1.52. The summed E-state index contributed by atoms with van der Waals surface area (Å²) in [4.78, 5) is 15.0. The van der Waals surface area contributed by atoms with Crippen molar-refractivity contribution in [3.05, 3.63) is 60.2 Å². The van der Waals surface area contributed by atoms with Crippen LogP contribution in [0.4, 0.5) is 0 Å². The van der Waals surface area contributed by atoms with Gasteiger partial charge in [-0.1, -0.05) is 43.2 Å². The summed E-state index contributed by atoms with van der Waals surface area (Å²) >= 11 is 1.86. The first kappa shape index (κ1) is 16.5. The maximum atomic E-state index is 12.9. The van der Waals surface area contributed by atoms with Gasteiger partial charge in [-0.15, -0.1) is 11.8 Å². The SMILES string of the molecule is O=C(C1CCCC1)N1CCS[C@@H]1c1cccc(Oc2ccccc2)c1. The number of carbonyl (C=O) groups is 1. The van der Waals surface area contributed by atoms with E-state index < -0.39 is 0 Å². The van der Waals surface area contributed by atoms with Crippen molar-refractivity contribution in [2.45, 2.75) is 31.1 Å². The van der Waals surface area contributed by atoms with E-state index in [9.17, 15) is 4.79 Å². The third-order valence-corrected chi connectivity index (χ3v) is 6.26. The van der Waals surface area contributed by atoms with E-state index in [4.69, 9.17) is 4.74 Å². The van der Waals surface area contributed by atoms with Crippen LogP contribution in [0, 0.1) is 5.92 Å². The highest BCUT2D eigenvalue weighted by atomic mass is 32.2. The molecule has 4 rings (SSSR count). The van der Waals surface area contributed by atoms with Crippen LogP contribution in [0.5, 0.6) is 11.5 Å². The van der Waals surface area contributed by atoms with Crippen LogP contribution in [0.25, 0.3) is 0 Å². The Morgan fingerprint density at radius 1 is 1.00 bits per heavy atom. The van der Waals surface area contributed by atoms with E-state index in [1.807, 2.05) is 54.2 Å². The van der Waals surface area contributed by atoms with Gasteiger partial charge in [-0.05, 0) is 42.7 Å². The van der Waals surface area contributed by atoms with E-state index >= 15 is 0 Å². The molecule has 2 aromatic rings. The molecule has 25 heavy (non-hydrogen) atoms. The highest BCUT2D eigenvalue weighted by Crippen LogP contribution is 2.41. The van der Waals surface area contributed by atoms with E-state index in [0.29, 0.717) is 5.91 Å². The Labute approximate surface area is 153 Å². The minimum atomic E-state index is 0.118. The largest absolute Gasteiger partial charge is 0.457 e. The quantitative estimate of drug-likeness (QED) is 0.752. The van der Waals surface area contributed by atoms with Gasteiger partial charge in [0.1, 0.15) is 16.9 Å². The summed E-state index contributed by atoms with van der Waals surface area (Å²) in [7, 11) is 0. The van der Waals surface area contributed by atoms with E-state index in [1.165, 1.54) is 12.8 Å². The molecule has 0 unspecified atom stereocenters. The first-order chi connectivity index (χ1) is 12.3. The predicted octanol–water partition coefficient (Wildman–Crippen LogP) is 5.24. The molecule has 1 saturated carbocycles. The van der Waals surface area contributed by atoms with Crippen molar-refractivity contribution in [2.24, 2.45) is 5.92 Å². The van der Waals surface area contributed by atoms with Gasteiger partial charge in [0.05, 0.1) is 0 Å². The fourth-order valence-corrected chi connectivity index (χ4v) is 4.99. The highest BCUT2D eigenvalue weighted by Gasteiger charge is 2.35. The Bertz CT molecular complexity index is 728. The van der Waals surface area contributed by atoms with Crippen LogP contribution in [-0.4, -0.2) is 23.1 Å². The molecule has 1 saturated heterocycles. The molecule has 1 aliphatic carbocycles. The third-order valence-electron chi connectivity index (χ3n) is 5.00. The maximum absolute atomic E-state index is 12.9. The minimum absolute atomic E-state index is 0.118. The van der Waals surface area contributed by atoms with Crippen molar-refractivity contribution in [1.82, 2.24) is 4.90 Å². The number of ether oxygens (including phenoxy) is 1. The van der Waals surface area contributed by atoms with Crippen LogP contribution in [-0.2, 0) is 4.79 Å². The first-order valence-electron chi connectivity index (χ1n) is 9.06. The smallest absolute Gasteiger partial charge is 0.226 e. The van der Waals surface area contributed by atoms with Crippen molar-refractivity contribution in [1.29, 1.82) is 0 Å². The molecule has 1 heterocycles. The monoisotopic (exact) mass is 353 g/mol. The summed E-state index contributed by atoms with van der Waals surface area (Å²) in [5.41, 5.74) is 1.15. The maximum Gasteiger partial charge on any atom is 0.226 e. The molecule has 2 aliphatic rings. The Kier molecular flexibility index (Phi) is 4.97. The molecule has 2 fully saturated rings. The zero-order valence-electron chi connectivity index (χ0n) is 14.3. The van der Waals surface area contributed by atoms with E-state index in [-0.39, 0.29) is 11.3 Å². The summed E-state index contributed by atoms with van der Waals surface area (Å²) in [6, 6.07) is 18.0. The Morgan fingerprint density at radius 2 is 1.76 bits per heavy atom. The van der Waals surface area contributed by atoms with Gasteiger partial charge in [0.15, 0.2) is 0 Å². The van der Waals surface area contributed by atoms with Crippen molar-refractivity contribution < 1.29 is 9.53 Å². The lowest BCUT2D eigenvalue weighted by molar-refractivity contribution is -0.135. The molecule has 0 spiro atoms. The van der Waals surface area contributed by atoms with Crippen LogP contribution in [0.2, 0.25) is 0 Å². The lowest BCUT2D eigenvalue weighted by Crippen LogP contribution is -2.34. The Morgan fingerprint density at radius 3 is 2.56 bits per heavy atom. The van der Waals surface area contributed by atoms with Crippen molar-refractivity contribution in [2.75, 3.05) is 12.3 Å². The summed E-state index contributed by atoms with van der Waals surface area (Å²) in [6.07, 6.45) is 4.51. The van der Waals surface area contributed by atoms with Gasteiger partial charge in [0.25, 0.3) is 0 Å². The van der Waals surface area contributed by atoms with Crippen molar-refractivity contribution in [3.8, 4) is 11.5 Å². The molecule has 3 nitrogen and oxygen atoms in total. The molecule has 1 amide bonds. The van der Waals surface area contributed by atoms with Crippen molar-refractivity contribution >= 4 is 17.7 Å². The third kappa shape index (κ3) is 3.69. The molecule has 2 aromatic carbocycles. The first-order valence-corrected chi connectivity index (χ1v) is 10.1. The molecular weight excluding hydrogens is 330 g/mol. The van der Waals surface area contributed by atoms with Crippen LogP contribution in [0.15, 0.2) is 54.6 Å². The minimum Gasteiger partial charge on any atom is -0.457 e. The average molecular weight is 353 g/mol. The normalized spacial score (nSPS) is 20.8. The summed E-state index contributed by atoms with van der Waals surface area (Å²) in [5.74, 6) is 3.25. The fourth-order valence-electron chi connectivity index (χ4n) is 3.74. The van der Waals surface area contributed by atoms with Gasteiger partial charge in [-0.3, -0.25) is 4.79 Å².